The second kappa shape index (κ2) is 6.57. The van der Waals surface area contributed by atoms with E-state index in [-0.39, 0.29) is 6.04 Å². The van der Waals surface area contributed by atoms with Crippen LogP contribution < -0.4 is 10.6 Å². The van der Waals surface area contributed by atoms with Crippen LogP contribution >= 0.6 is 22.9 Å². The van der Waals surface area contributed by atoms with Crippen molar-refractivity contribution in [1.82, 2.24) is 4.98 Å². The van der Waals surface area contributed by atoms with Crippen LogP contribution in [0.1, 0.15) is 23.2 Å². The highest BCUT2D eigenvalue weighted by molar-refractivity contribution is 7.09. The Bertz CT molecular complexity index is 580. The number of nitrogens with zero attached hydrogens (tertiary/aromatic N) is 2. The summed E-state index contributed by atoms with van der Waals surface area (Å²) in [4.78, 5) is 6.71. The van der Waals surface area contributed by atoms with Gasteiger partial charge >= 0.3 is 0 Å². The second-order valence-corrected chi connectivity index (χ2v) is 6.67. The summed E-state index contributed by atoms with van der Waals surface area (Å²) in [6.07, 6.45) is 0.816. The summed E-state index contributed by atoms with van der Waals surface area (Å²) in [7, 11) is 2.07. The van der Waals surface area contributed by atoms with E-state index in [0.717, 1.165) is 34.4 Å². The van der Waals surface area contributed by atoms with Gasteiger partial charge in [-0.1, -0.05) is 11.6 Å². The van der Waals surface area contributed by atoms with E-state index >= 15 is 0 Å². The molecule has 108 valence electrons. The molecule has 0 bridgehead atoms. The molecule has 2 aromatic rings. The van der Waals surface area contributed by atoms with E-state index in [2.05, 4.69) is 28.4 Å². The van der Waals surface area contributed by atoms with Crippen LogP contribution in [0.3, 0.4) is 0 Å². The molecule has 0 spiro atoms. The Kier molecular flexibility index (Phi) is 5.02. The summed E-state index contributed by atoms with van der Waals surface area (Å²) in [5, 5.41) is 3.95. The lowest BCUT2D eigenvalue weighted by Crippen LogP contribution is -2.22. The summed E-state index contributed by atoms with van der Waals surface area (Å²) < 4.78 is 0. The van der Waals surface area contributed by atoms with Crippen LogP contribution in [0.5, 0.6) is 0 Å². The first-order valence-corrected chi connectivity index (χ1v) is 7.87. The number of hydrogen-bond acceptors (Lipinski definition) is 4. The number of rotatable bonds is 5. The van der Waals surface area contributed by atoms with E-state index in [1.807, 2.05) is 26.0 Å². The Morgan fingerprint density at radius 2 is 2.20 bits per heavy atom. The SMILES string of the molecule is Cc1nc(CN(C)c2ccc(Cl)cc2CC(C)N)cs1. The predicted octanol–water partition coefficient (Wildman–Crippen LogP) is 3.63. The smallest absolute Gasteiger partial charge is 0.0898 e. The Balaban J connectivity index is 2.21. The number of halogens is 1. The van der Waals surface area contributed by atoms with Gasteiger partial charge < -0.3 is 10.6 Å². The van der Waals surface area contributed by atoms with Crippen molar-refractivity contribution in [3.63, 3.8) is 0 Å². The fraction of sp³-hybridized carbons (Fsp3) is 0.400. The van der Waals surface area contributed by atoms with Crippen molar-refractivity contribution in [2.24, 2.45) is 5.73 Å². The Labute approximate surface area is 129 Å². The summed E-state index contributed by atoms with van der Waals surface area (Å²) in [5.41, 5.74) is 9.37. The highest BCUT2D eigenvalue weighted by Gasteiger charge is 2.11. The molecule has 5 heteroatoms. The van der Waals surface area contributed by atoms with E-state index < -0.39 is 0 Å². The van der Waals surface area contributed by atoms with Crippen molar-refractivity contribution in [1.29, 1.82) is 0 Å². The third-order valence-corrected chi connectivity index (χ3v) is 4.12. The molecule has 0 fully saturated rings. The monoisotopic (exact) mass is 309 g/mol. The molecule has 0 aliphatic heterocycles. The number of nitrogens with two attached hydrogens (primary N) is 1. The van der Waals surface area contributed by atoms with E-state index in [1.165, 1.54) is 5.56 Å². The lowest BCUT2D eigenvalue weighted by Gasteiger charge is -2.22. The Hall–Kier alpha value is -1.10. The van der Waals surface area contributed by atoms with Crippen LogP contribution in [0.2, 0.25) is 5.02 Å². The van der Waals surface area contributed by atoms with Gasteiger partial charge in [-0.25, -0.2) is 4.98 Å². The molecule has 20 heavy (non-hydrogen) atoms. The number of hydrogen-bond donors (Lipinski definition) is 1. The van der Waals surface area contributed by atoms with Crippen molar-refractivity contribution in [2.75, 3.05) is 11.9 Å². The molecule has 1 heterocycles. The maximum Gasteiger partial charge on any atom is 0.0898 e. The summed E-state index contributed by atoms with van der Waals surface area (Å²) >= 11 is 7.78. The van der Waals surface area contributed by atoms with Crippen LogP contribution in [0.4, 0.5) is 5.69 Å². The van der Waals surface area contributed by atoms with Gasteiger partial charge in [0.2, 0.25) is 0 Å². The van der Waals surface area contributed by atoms with E-state index in [4.69, 9.17) is 17.3 Å². The molecule has 2 N–H and O–H groups in total. The van der Waals surface area contributed by atoms with E-state index in [9.17, 15) is 0 Å². The largest absolute Gasteiger partial charge is 0.368 e. The number of anilines is 1. The van der Waals surface area contributed by atoms with Gasteiger partial charge in [-0.3, -0.25) is 0 Å². The van der Waals surface area contributed by atoms with Gasteiger partial charge in [-0.15, -0.1) is 11.3 Å². The summed E-state index contributed by atoms with van der Waals surface area (Å²) in [6, 6.07) is 6.09. The molecule has 0 aliphatic carbocycles. The number of aryl methyl sites for hydroxylation is 1. The molecule has 1 aromatic carbocycles. The molecule has 1 unspecified atom stereocenters. The number of thiazole rings is 1. The van der Waals surface area contributed by atoms with Crippen LogP contribution in [-0.2, 0) is 13.0 Å². The van der Waals surface area contributed by atoms with Gasteiger partial charge in [-0.2, -0.15) is 0 Å². The molecule has 1 aromatic heterocycles. The summed E-state index contributed by atoms with van der Waals surface area (Å²) in [5.74, 6) is 0. The maximum atomic E-state index is 6.10. The van der Waals surface area contributed by atoms with Crippen molar-refractivity contribution in [3.8, 4) is 0 Å². The average Bonchev–Trinajstić information content (AvgIpc) is 2.73. The third-order valence-electron chi connectivity index (χ3n) is 3.06. The number of benzene rings is 1. The van der Waals surface area contributed by atoms with Crippen LogP contribution in [0, 0.1) is 6.92 Å². The first-order valence-electron chi connectivity index (χ1n) is 6.62. The Morgan fingerprint density at radius 1 is 1.45 bits per heavy atom. The van der Waals surface area contributed by atoms with E-state index in [0.29, 0.717) is 0 Å². The molecule has 0 aliphatic rings. The van der Waals surface area contributed by atoms with Crippen molar-refractivity contribution >= 4 is 28.6 Å². The van der Waals surface area contributed by atoms with Gasteiger partial charge in [0.1, 0.15) is 0 Å². The van der Waals surface area contributed by atoms with Crippen LogP contribution in [-0.4, -0.2) is 18.1 Å². The normalized spacial score (nSPS) is 12.4. The zero-order valence-corrected chi connectivity index (χ0v) is 13.6. The molecular weight excluding hydrogens is 290 g/mol. The minimum atomic E-state index is 0.113. The van der Waals surface area contributed by atoms with Gasteiger partial charge in [-0.05, 0) is 44.0 Å². The molecular formula is C15H20ClN3S. The van der Waals surface area contributed by atoms with Crippen molar-refractivity contribution in [2.45, 2.75) is 32.9 Å². The lowest BCUT2D eigenvalue weighted by molar-refractivity contribution is 0.733. The molecule has 3 nitrogen and oxygen atoms in total. The third kappa shape index (κ3) is 3.95. The molecule has 0 saturated carbocycles. The van der Waals surface area contributed by atoms with Gasteiger partial charge in [0.15, 0.2) is 0 Å². The fourth-order valence-corrected chi connectivity index (χ4v) is 3.04. The highest BCUT2D eigenvalue weighted by atomic mass is 35.5. The lowest BCUT2D eigenvalue weighted by atomic mass is 10.0. The van der Waals surface area contributed by atoms with Crippen LogP contribution in [0.15, 0.2) is 23.6 Å². The van der Waals surface area contributed by atoms with E-state index in [1.54, 1.807) is 11.3 Å². The minimum Gasteiger partial charge on any atom is -0.368 e. The molecule has 1 atom stereocenters. The quantitative estimate of drug-likeness (QED) is 0.917. The van der Waals surface area contributed by atoms with Gasteiger partial charge in [0.25, 0.3) is 0 Å². The number of aromatic nitrogens is 1. The second-order valence-electron chi connectivity index (χ2n) is 5.17. The molecule has 0 amide bonds. The standard InChI is InChI=1S/C15H20ClN3S/c1-10(17)6-12-7-13(16)4-5-15(12)19(3)8-14-9-20-11(2)18-14/h4-5,7,9-10H,6,8,17H2,1-3H3. The zero-order valence-electron chi connectivity index (χ0n) is 12.1. The van der Waals surface area contributed by atoms with Gasteiger partial charge in [0.05, 0.1) is 17.2 Å². The first-order chi connectivity index (χ1) is 9.45. The predicted molar refractivity (Wildman–Crippen MR) is 87.8 cm³/mol. The van der Waals surface area contributed by atoms with Crippen molar-refractivity contribution in [3.05, 3.63) is 44.9 Å². The molecule has 2 rings (SSSR count). The topological polar surface area (TPSA) is 42.2 Å². The van der Waals surface area contributed by atoms with Crippen LogP contribution in [0.25, 0.3) is 0 Å². The maximum absolute atomic E-state index is 6.10. The molecule has 0 saturated heterocycles. The Morgan fingerprint density at radius 3 is 2.80 bits per heavy atom. The first kappa shape index (κ1) is 15.3. The summed E-state index contributed by atoms with van der Waals surface area (Å²) in [6.45, 7) is 4.82. The average molecular weight is 310 g/mol. The molecule has 0 radical (unpaired) electrons. The van der Waals surface area contributed by atoms with Gasteiger partial charge in [0, 0.05) is 29.2 Å². The highest BCUT2D eigenvalue weighted by Crippen LogP contribution is 2.26. The minimum absolute atomic E-state index is 0.113. The fourth-order valence-electron chi connectivity index (χ4n) is 2.25. The van der Waals surface area contributed by atoms with Crippen molar-refractivity contribution < 1.29 is 0 Å². The zero-order chi connectivity index (χ0) is 14.7.